The Labute approximate surface area is 209 Å². The van der Waals surface area contributed by atoms with E-state index in [0.717, 1.165) is 56.6 Å². The van der Waals surface area contributed by atoms with Crippen LogP contribution in [0.1, 0.15) is 65.0 Å². The highest BCUT2D eigenvalue weighted by Crippen LogP contribution is 2.34. The van der Waals surface area contributed by atoms with Crippen molar-refractivity contribution in [1.82, 2.24) is 15.3 Å². The molecule has 1 amide bonds. The Balaban J connectivity index is 1.20. The molecule has 2 aliphatic rings. The molecule has 2 aromatic heterocycles. The number of rotatable bonds is 10. The summed E-state index contributed by atoms with van der Waals surface area (Å²) in [5, 5.41) is 24.5. The topological polar surface area (TPSA) is 157 Å². The van der Waals surface area contributed by atoms with Crippen LogP contribution in [0.25, 0.3) is 0 Å². The van der Waals surface area contributed by atoms with Gasteiger partial charge in [-0.2, -0.15) is 5.26 Å². The van der Waals surface area contributed by atoms with Crippen molar-refractivity contribution in [3.8, 4) is 6.07 Å². The smallest absolute Gasteiger partial charge is 0.326 e. The molecular formula is C26H31N5O5. The van der Waals surface area contributed by atoms with E-state index in [0.29, 0.717) is 11.6 Å². The minimum absolute atomic E-state index is 0.0817. The largest absolute Gasteiger partial charge is 0.480 e. The Morgan fingerprint density at radius 1 is 1.36 bits per heavy atom. The third-order valence-corrected chi connectivity index (χ3v) is 6.84. The lowest BCUT2D eigenvalue weighted by molar-refractivity contribution is -0.140. The van der Waals surface area contributed by atoms with Crippen LogP contribution in [0.3, 0.4) is 0 Å². The maximum atomic E-state index is 12.6. The van der Waals surface area contributed by atoms with Crippen LogP contribution in [0, 0.1) is 24.2 Å². The lowest BCUT2D eigenvalue weighted by Crippen LogP contribution is -2.43. The number of hydrogen-bond acceptors (Lipinski definition) is 7. The highest BCUT2D eigenvalue weighted by molar-refractivity contribution is 5.98. The van der Waals surface area contributed by atoms with Crippen molar-refractivity contribution in [3.63, 3.8) is 0 Å². The molecule has 190 valence electrons. The van der Waals surface area contributed by atoms with E-state index in [1.54, 1.807) is 13.0 Å². The Morgan fingerprint density at radius 3 is 2.92 bits per heavy atom. The maximum Gasteiger partial charge on any atom is 0.326 e. The normalized spacial score (nSPS) is 19.2. The summed E-state index contributed by atoms with van der Waals surface area (Å²) in [4.78, 5) is 43.4. The van der Waals surface area contributed by atoms with Gasteiger partial charge in [0.25, 0.3) is 11.5 Å². The minimum atomic E-state index is -1.20. The first kappa shape index (κ1) is 25.4. The number of ether oxygens (including phenoxy) is 1. The number of carbonyl (C=O) groups excluding carboxylic acids is 1. The summed E-state index contributed by atoms with van der Waals surface area (Å²) in [5.41, 5.74) is 1.62. The van der Waals surface area contributed by atoms with E-state index in [9.17, 15) is 24.8 Å². The van der Waals surface area contributed by atoms with Gasteiger partial charge >= 0.3 is 5.97 Å². The van der Waals surface area contributed by atoms with Crippen LogP contribution in [0.5, 0.6) is 0 Å². The van der Waals surface area contributed by atoms with Crippen molar-refractivity contribution in [2.75, 3.05) is 18.5 Å². The van der Waals surface area contributed by atoms with Crippen LogP contribution in [0.2, 0.25) is 0 Å². The minimum Gasteiger partial charge on any atom is -0.480 e. The summed E-state index contributed by atoms with van der Waals surface area (Å²) in [7, 11) is 0. The predicted molar refractivity (Wildman–Crippen MR) is 132 cm³/mol. The first-order valence-electron chi connectivity index (χ1n) is 12.4. The van der Waals surface area contributed by atoms with Crippen molar-refractivity contribution in [2.45, 2.75) is 64.0 Å². The molecule has 3 heterocycles. The number of carboxylic acid groups (broad SMARTS) is 1. The molecule has 0 radical (unpaired) electrons. The van der Waals surface area contributed by atoms with Gasteiger partial charge in [-0.3, -0.25) is 9.59 Å². The fourth-order valence-electron chi connectivity index (χ4n) is 4.73. The van der Waals surface area contributed by atoms with Gasteiger partial charge in [0.05, 0.1) is 11.7 Å². The van der Waals surface area contributed by atoms with E-state index in [-0.39, 0.29) is 30.3 Å². The first-order chi connectivity index (χ1) is 17.3. The highest BCUT2D eigenvalue weighted by Gasteiger charge is 2.30. The van der Waals surface area contributed by atoms with Gasteiger partial charge in [-0.15, -0.1) is 0 Å². The van der Waals surface area contributed by atoms with Gasteiger partial charge in [0.15, 0.2) is 0 Å². The second kappa shape index (κ2) is 11.4. The van der Waals surface area contributed by atoms with E-state index in [1.807, 2.05) is 0 Å². The van der Waals surface area contributed by atoms with Gasteiger partial charge in [-0.25, -0.2) is 9.78 Å². The summed E-state index contributed by atoms with van der Waals surface area (Å²) in [5.74, 6) is -0.403. The van der Waals surface area contributed by atoms with Gasteiger partial charge < -0.3 is 25.5 Å². The third-order valence-electron chi connectivity index (χ3n) is 6.84. The number of aliphatic carboxylic acids is 1. The molecule has 0 bridgehead atoms. The zero-order valence-corrected chi connectivity index (χ0v) is 20.3. The van der Waals surface area contributed by atoms with E-state index < -0.39 is 23.5 Å². The Kier molecular flexibility index (Phi) is 8.00. The Bertz CT molecular complexity index is 1230. The van der Waals surface area contributed by atoms with Crippen molar-refractivity contribution >= 4 is 17.7 Å². The Hall–Kier alpha value is -3.71. The van der Waals surface area contributed by atoms with E-state index in [1.165, 1.54) is 11.6 Å². The zero-order chi connectivity index (χ0) is 25.7. The third kappa shape index (κ3) is 6.10. The fourth-order valence-corrected chi connectivity index (χ4v) is 4.73. The summed E-state index contributed by atoms with van der Waals surface area (Å²) >= 11 is 0. The zero-order valence-electron chi connectivity index (χ0n) is 20.3. The van der Waals surface area contributed by atoms with Crippen molar-refractivity contribution < 1.29 is 19.4 Å². The molecular weight excluding hydrogens is 462 g/mol. The predicted octanol–water partition coefficient (Wildman–Crippen LogP) is 2.31. The molecule has 2 aromatic rings. The number of fused-ring (bicyclic) bond motifs is 1. The maximum absolute atomic E-state index is 12.6. The van der Waals surface area contributed by atoms with Crippen LogP contribution in [0.4, 0.5) is 5.82 Å². The average molecular weight is 494 g/mol. The van der Waals surface area contributed by atoms with Crippen molar-refractivity contribution in [1.29, 1.82) is 5.26 Å². The SMILES string of the molecule is Cc1cc(C(=O)N[C@@H](CCOC2CC(CCc3ccc4c(n3)NCCC4)C2)C(=O)O)c(C#N)c(=O)[nH]1. The molecule has 0 spiro atoms. The molecule has 4 rings (SSSR count). The first-order valence-corrected chi connectivity index (χ1v) is 12.4. The molecule has 0 aromatic carbocycles. The summed E-state index contributed by atoms with van der Waals surface area (Å²) in [6, 6.07) is 6.16. The molecule has 1 saturated carbocycles. The number of H-pyrrole nitrogens is 1. The van der Waals surface area contributed by atoms with Crippen LogP contribution in [0.15, 0.2) is 23.0 Å². The van der Waals surface area contributed by atoms with Crippen molar-refractivity contribution in [2.24, 2.45) is 5.92 Å². The van der Waals surface area contributed by atoms with Gasteiger partial charge in [0.2, 0.25) is 0 Å². The number of carboxylic acids is 1. The number of carbonyl (C=O) groups is 2. The quantitative estimate of drug-likeness (QED) is 0.393. The van der Waals surface area contributed by atoms with Gasteiger partial charge in [0, 0.05) is 31.0 Å². The number of anilines is 1. The summed E-state index contributed by atoms with van der Waals surface area (Å²) < 4.78 is 5.84. The summed E-state index contributed by atoms with van der Waals surface area (Å²) in [6.45, 7) is 2.74. The van der Waals surface area contributed by atoms with Crippen LogP contribution in [-0.2, 0) is 22.4 Å². The molecule has 10 heteroatoms. The molecule has 1 fully saturated rings. The number of nitrogens with zero attached hydrogens (tertiary/aromatic N) is 2. The number of aromatic amines is 1. The van der Waals surface area contributed by atoms with Gasteiger partial charge in [0.1, 0.15) is 23.5 Å². The number of nitriles is 1. The number of aromatic nitrogens is 2. The van der Waals surface area contributed by atoms with Gasteiger partial charge in [-0.1, -0.05) is 6.07 Å². The van der Waals surface area contributed by atoms with Crippen LogP contribution < -0.4 is 16.2 Å². The molecule has 0 saturated heterocycles. The van der Waals surface area contributed by atoms with E-state index >= 15 is 0 Å². The number of hydrogen-bond donors (Lipinski definition) is 4. The summed E-state index contributed by atoms with van der Waals surface area (Å²) in [6.07, 6.45) is 6.19. The van der Waals surface area contributed by atoms with Gasteiger partial charge in [-0.05, 0) is 69.1 Å². The number of nitrogens with one attached hydrogen (secondary N) is 3. The molecule has 10 nitrogen and oxygen atoms in total. The molecule has 1 atom stereocenters. The molecule has 36 heavy (non-hydrogen) atoms. The van der Waals surface area contributed by atoms with Crippen LogP contribution >= 0.6 is 0 Å². The molecule has 1 aliphatic carbocycles. The average Bonchev–Trinajstić information content (AvgIpc) is 2.83. The molecule has 4 N–H and O–H groups in total. The van der Waals surface area contributed by atoms with Crippen molar-refractivity contribution in [3.05, 3.63) is 56.6 Å². The number of amides is 1. The lowest BCUT2D eigenvalue weighted by Gasteiger charge is -2.35. The Morgan fingerprint density at radius 2 is 2.17 bits per heavy atom. The second-order valence-corrected chi connectivity index (χ2v) is 9.54. The number of aryl methyl sites for hydroxylation is 3. The molecule has 0 unspecified atom stereocenters. The van der Waals surface area contributed by atoms with Crippen LogP contribution in [-0.4, -0.2) is 52.2 Å². The monoisotopic (exact) mass is 493 g/mol. The van der Waals surface area contributed by atoms with E-state index in [4.69, 9.17) is 9.72 Å². The fraction of sp³-hybridized carbons (Fsp3) is 0.500. The molecule has 1 aliphatic heterocycles. The van der Waals surface area contributed by atoms with E-state index in [2.05, 4.69) is 27.8 Å². The lowest BCUT2D eigenvalue weighted by atomic mass is 9.79. The second-order valence-electron chi connectivity index (χ2n) is 9.54. The standard InChI is InChI=1S/C26H31N5O5/c1-15-11-20(21(14-27)25(33)29-15)24(32)31-22(26(34)35)8-10-36-19-12-16(13-19)4-6-18-7-5-17-3-2-9-28-23(17)30-18/h5,7,11,16,19,22H,2-4,6,8-10,12-13H2,1H3,(H,28,30)(H,29,33)(H,31,32)(H,34,35)/t16?,19?,22-/m0/s1. The highest BCUT2D eigenvalue weighted by atomic mass is 16.5. The number of pyridine rings is 2.